The molecule has 0 bridgehead atoms. The maximum atomic E-state index is 12.3. The number of carbonyl (C=O) groups excluding carboxylic acids is 2. The van der Waals surface area contributed by atoms with Crippen molar-refractivity contribution in [2.75, 3.05) is 13.2 Å². The van der Waals surface area contributed by atoms with Crippen LogP contribution in [-0.2, 0) is 19.6 Å². The number of rotatable bonds is 7. The normalized spacial score (nSPS) is 11.5. The molecule has 0 spiro atoms. The van der Waals surface area contributed by atoms with Crippen LogP contribution in [0, 0.1) is 13.8 Å². The lowest BCUT2D eigenvalue weighted by atomic mass is 10.1. The Bertz CT molecular complexity index is 1150. The monoisotopic (exact) mass is 400 g/mol. The molecule has 28 heavy (non-hydrogen) atoms. The van der Waals surface area contributed by atoms with E-state index in [-0.39, 0.29) is 10.7 Å². The highest BCUT2D eigenvalue weighted by molar-refractivity contribution is 7.89. The molecule has 3 rings (SSSR count). The van der Waals surface area contributed by atoms with Crippen LogP contribution in [0.3, 0.4) is 0 Å². The average molecular weight is 400 g/mol. The van der Waals surface area contributed by atoms with Gasteiger partial charge in [-0.1, -0.05) is 24.3 Å². The lowest BCUT2D eigenvalue weighted by molar-refractivity contribution is -0.141. The lowest BCUT2D eigenvalue weighted by Gasteiger charge is -2.09. The number of hydrogen-bond donors (Lipinski definition) is 2. The number of para-hydroxylation sites is 1. The van der Waals surface area contributed by atoms with E-state index in [1.807, 2.05) is 19.1 Å². The predicted octanol–water partition coefficient (Wildman–Crippen LogP) is 2.49. The maximum absolute atomic E-state index is 12.3. The Labute approximate surface area is 162 Å². The van der Waals surface area contributed by atoms with Crippen LogP contribution in [0.5, 0.6) is 0 Å². The van der Waals surface area contributed by atoms with E-state index < -0.39 is 29.1 Å². The Kier molecular flexibility index (Phi) is 5.62. The van der Waals surface area contributed by atoms with Crippen LogP contribution in [0.25, 0.3) is 10.9 Å². The van der Waals surface area contributed by atoms with E-state index >= 15 is 0 Å². The summed E-state index contributed by atoms with van der Waals surface area (Å²) in [6.45, 7) is 2.66. The molecule has 0 radical (unpaired) electrons. The van der Waals surface area contributed by atoms with Gasteiger partial charge in [0.2, 0.25) is 15.8 Å². The third-order valence-electron chi connectivity index (χ3n) is 4.45. The van der Waals surface area contributed by atoms with Gasteiger partial charge in [0.15, 0.2) is 6.61 Å². The third kappa shape index (κ3) is 4.29. The van der Waals surface area contributed by atoms with Crippen molar-refractivity contribution in [1.29, 1.82) is 0 Å². The van der Waals surface area contributed by atoms with E-state index in [0.29, 0.717) is 5.56 Å². The number of H-pyrrole nitrogens is 1. The summed E-state index contributed by atoms with van der Waals surface area (Å²) >= 11 is 0. The number of esters is 1. The van der Waals surface area contributed by atoms with Crippen LogP contribution < -0.4 is 4.72 Å². The highest BCUT2D eigenvalue weighted by Gasteiger charge is 2.18. The van der Waals surface area contributed by atoms with Gasteiger partial charge in [0, 0.05) is 22.7 Å². The van der Waals surface area contributed by atoms with E-state index in [1.165, 1.54) is 12.1 Å². The zero-order valence-corrected chi connectivity index (χ0v) is 16.3. The number of aryl methyl sites for hydroxylation is 2. The van der Waals surface area contributed by atoms with E-state index in [2.05, 4.69) is 9.71 Å². The van der Waals surface area contributed by atoms with Crippen LogP contribution >= 0.6 is 0 Å². The van der Waals surface area contributed by atoms with Crippen molar-refractivity contribution in [3.05, 3.63) is 65.4 Å². The molecule has 146 valence electrons. The molecule has 1 heterocycles. The van der Waals surface area contributed by atoms with Crippen LogP contribution in [-0.4, -0.2) is 38.3 Å². The molecule has 0 aliphatic rings. The van der Waals surface area contributed by atoms with Gasteiger partial charge in [0.1, 0.15) is 6.54 Å². The molecule has 0 aliphatic carbocycles. The van der Waals surface area contributed by atoms with Gasteiger partial charge in [-0.3, -0.25) is 9.59 Å². The number of sulfonamides is 1. The number of fused-ring (bicyclic) bond motifs is 1. The van der Waals surface area contributed by atoms with Gasteiger partial charge in [0.25, 0.3) is 0 Å². The summed E-state index contributed by atoms with van der Waals surface area (Å²) in [4.78, 5) is 27.2. The molecule has 2 aromatic carbocycles. The summed E-state index contributed by atoms with van der Waals surface area (Å²) in [7, 11) is -3.85. The molecule has 0 saturated heterocycles. The van der Waals surface area contributed by atoms with Crippen molar-refractivity contribution in [3.63, 3.8) is 0 Å². The second-order valence-electron chi connectivity index (χ2n) is 6.40. The number of nitrogens with one attached hydrogen (secondary N) is 2. The number of aromatic amines is 1. The minimum atomic E-state index is -3.85. The molecule has 0 atom stereocenters. The summed E-state index contributed by atoms with van der Waals surface area (Å²) in [6.07, 6.45) is 1.56. The largest absolute Gasteiger partial charge is 0.456 e. The average Bonchev–Trinajstić information content (AvgIpc) is 3.11. The van der Waals surface area contributed by atoms with E-state index in [0.717, 1.165) is 22.0 Å². The van der Waals surface area contributed by atoms with Crippen molar-refractivity contribution in [1.82, 2.24) is 9.71 Å². The first-order chi connectivity index (χ1) is 13.3. The number of benzene rings is 2. The molecule has 2 N–H and O–H groups in total. The van der Waals surface area contributed by atoms with Crippen molar-refractivity contribution < 1.29 is 22.7 Å². The minimum absolute atomic E-state index is 0.0678. The summed E-state index contributed by atoms with van der Waals surface area (Å²) in [5.74, 6) is -1.21. The summed E-state index contributed by atoms with van der Waals surface area (Å²) in [5, 5.41) is 0.735. The van der Waals surface area contributed by atoms with Crippen LogP contribution in [0.15, 0.2) is 53.6 Å². The van der Waals surface area contributed by atoms with E-state index in [9.17, 15) is 18.0 Å². The SMILES string of the molecule is Cc1ccc(S(=O)(=O)NCC(=O)OCC(=O)c2c[nH]c3ccccc23)cc1C. The highest BCUT2D eigenvalue weighted by atomic mass is 32.2. The molecule has 1 aromatic heterocycles. The van der Waals surface area contributed by atoms with Gasteiger partial charge in [-0.2, -0.15) is 4.72 Å². The second kappa shape index (κ2) is 7.95. The number of carbonyl (C=O) groups is 2. The van der Waals surface area contributed by atoms with Crippen molar-refractivity contribution in [3.8, 4) is 0 Å². The quantitative estimate of drug-likeness (QED) is 0.468. The standard InChI is InChI=1S/C20H20N2O5S/c1-13-7-8-15(9-14(13)2)28(25,26)22-11-20(24)27-12-19(23)17-10-21-18-6-4-3-5-16(17)18/h3-10,21-22H,11-12H2,1-2H3. The van der Waals surface area contributed by atoms with Crippen molar-refractivity contribution in [2.45, 2.75) is 18.7 Å². The van der Waals surface area contributed by atoms with Crippen LogP contribution in [0.1, 0.15) is 21.5 Å². The smallest absolute Gasteiger partial charge is 0.321 e. The van der Waals surface area contributed by atoms with Gasteiger partial charge >= 0.3 is 5.97 Å². The van der Waals surface area contributed by atoms with Crippen molar-refractivity contribution >= 4 is 32.7 Å². The Balaban J connectivity index is 1.57. The number of hydrogen-bond acceptors (Lipinski definition) is 5. The van der Waals surface area contributed by atoms with Gasteiger partial charge in [-0.15, -0.1) is 0 Å². The molecule has 0 aliphatic heterocycles. The number of aromatic nitrogens is 1. The fraction of sp³-hybridized carbons (Fsp3) is 0.200. The summed E-state index contributed by atoms with van der Waals surface area (Å²) < 4.78 is 31.7. The maximum Gasteiger partial charge on any atom is 0.321 e. The van der Waals surface area contributed by atoms with Gasteiger partial charge in [-0.25, -0.2) is 8.42 Å². The van der Waals surface area contributed by atoms with Gasteiger partial charge in [0.05, 0.1) is 4.90 Å². The molecule has 3 aromatic rings. The molecular formula is C20H20N2O5S. The van der Waals surface area contributed by atoms with Crippen molar-refractivity contribution in [2.24, 2.45) is 0 Å². The molecular weight excluding hydrogens is 380 g/mol. The zero-order valence-electron chi connectivity index (χ0n) is 15.5. The molecule has 0 unspecified atom stereocenters. The molecule has 0 saturated carbocycles. The Morgan fingerprint density at radius 3 is 2.57 bits per heavy atom. The number of ether oxygens (including phenoxy) is 1. The van der Waals surface area contributed by atoms with Crippen LogP contribution in [0.4, 0.5) is 0 Å². The fourth-order valence-corrected chi connectivity index (χ4v) is 3.75. The third-order valence-corrected chi connectivity index (χ3v) is 5.85. The topological polar surface area (TPSA) is 105 Å². The van der Waals surface area contributed by atoms with E-state index in [1.54, 1.807) is 31.3 Å². The highest BCUT2D eigenvalue weighted by Crippen LogP contribution is 2.18. The second-order valence-corrected chi connectivity index (χ2v) is 8.17. The van der Waals surface area contributed by atoms with Gasteiger partial charge < -0.3 is 9.72 Å². The molecule has 7 nitrogen and oxygen atoms in total. The molecule has 8 heteroatoms. The molecule has 0 amide bonds. The summed E-state index contributed by atoms with van der Waals surface area (Å²) in [6, 6.07) is 12.0. The number of ketones is 1. The first kappa shape index (κ1) is 19.8. The lowest BCUT2D eigenvalue weighted by Crippen LogP contribution is -2.31. The van der Waals surface area contributed by atoms with E-state index in [4.69, 9.17) is 4.74 Å². The first-order valence-corrected chi connectivity index (χ1v) is 10.1. The van der Waals surface area contributed by atoms with Crippen LogP contribution in [0.2, 0.25) is 0 Å². The Hall–Kier alpha value is -2.97. The van der Waals surface area contributed by atoms with Gasteiger partial charge in [-0.05, 0) is 43.2 Å². The predicted molar refractivity (Wildman–Crippen MR) is 105 cm³/mol. The summed E-state index contributed by atoms with van der Waals surface area (Å²) in [5.41, 5.74) is 3.02. The Morgan fingerprint density at radius 1 is 1.07 bits per heavy atom. The number of Topliss-reactive ketones (excluding diaryl/α,β-unsaturated/α-hetero) is 1. The Morgan fingerprint density at radius 2 is 1.82 bits per heavy atom. The minimum Gasteiger partial charge on any atom is -0.456 e. The first-order valence-electron chi connectivity index (χ1n) is 8.60. The fourth-order valence-electron chi connectivity index (χ4n) is 2.70. The molecule has 0 fully saturated rings. The zero-order chi connectivity index (χ0) is 20.3.